The monoisotopic (exact) mass is 385 g/mol. The number of hydrogen-bond donors (Lipinski definition) is 1. The van der Waals surface area contributed by atoms with E-state index in [9.17, 15) is 4.79 Å². The van der Waals surface area contributed by atoms with Crippen LogP contribution >= 0.6 is 6.72 Å². The van der Waals surface area contributed by atoms with Gasteiger partial charge in [-0.25, -0.2) is 4.79 Å². The lowest BCUT2D eigenvalue weighted by molar-refractivity contribution is 0.274. The minimum Gasteiger partial charge on any atom is -0.410 e. The van der Waals surface area contributed by atoms with Crippen LogP contribution in [0, 0.1) is 0 Å². The fourth-order valence-corrected chi connectivity index (χ4v) is 6.05. The average Bonchev–Trinajstić information content (AvgIpc) is 2.69. The van der Waals surface area contributed by atoms with E-state index in [1.807, 2.05) is 66.7 Å². The summed E-state index contributed by atoms with van der Waals surface area (Å²) in [5.74, 6) is 1.11. The molecule has 0 aliphatic rings. The summed E-state index contributed by atoms with van der Waals surface area (Å²) in [6, 6.07) is 27.9. The Labute approximate surface area is 155 Å². The molecule has 0 fully saturated rings. The molecule has 0 amide bonds. The molecule has 0 aliphatic carbocycles. The third-order valence-electron chi connectivity index (χ3n) is 3.10. The average molecular weight is 385 g/mol. The Hall–Kier alpha value is -2.78. The Bertz CT molecular complexity index is 884. The molecule has 132 valence electrons. The molecule has 0 radical (unpaired) electrons. The quantitative estimate of drug-likeness (QED) is 0.205. The molecule has 7 heteroatoms. The first-order valence-corrected chi connectivity index (χ1v) is 10.9. The second kappa shape index (κ2) is 9.07. The van der Waals surface area contributed by atoms with E-state index in [1.165, 1.54) is 6.08 Å². The molecule has 26 heavy (non-hydrogen) atoms. The first kappa shape index (κ1) is 18.0. The normalized spacial score (nSPS) is 10.5. The molecule has 0 spiro atoms. The zero-order valence-electron chi connectivity index (χ0n) is 13.6. The molecule has 0 saturated carbocycles. The van der Waals surface area contributed by atoms with Gasteiger partial charge in [-0.2, -0.15) is 0 Å². The highest BCUT2D eigenvalue weighted by Crippen LogP contribution is 2.53. The number of benzene rings is 3. The van der Waals surface area contributed by atoms with Gasteiger partial charge in [0, 0.05) is 10.1 Å². The summed E-state index contributed by atoms with van der Waals surface area (Å²) >= 11 is 0. The molecular weight excluding hydrogens is 369 g/mol. The number of carbonyl (C=O) groups excluding carboxylic acids is 1. The van der Waals surface area contributed by atoms with Gasteiger partial charge in [-0.1, -0.05) is 65.5 Å². The zero-order chi connectivity index (χ0) is 18.1. The smallest absolute Gasteiger partial charge is 0.410 e. The Morgan fingerprint density at radius 3 is 1.65 bits per heavy atom. The van der Waals surface area contributed by atoms with Crippen LogP contribution in [0.2, 0.25) is 0 Å². The fraction of sp³-hybridized carbons (Fsp3) is 0. The summed E-state index contributed by atoms with van der Waals surface area (Å²) in [5.41, 5.74) is 0. The highest BCUT2D eigenvalue weighted by atomic mass is 32.5. The predicted octanol–water partition coefficient (Wildman–Crippen LogP) is 4.96. The molecule has 3 rings (SSSR count). The van der Waals surface area contributed by atoms with Crippen molar-refractivity contribution < 1.29 is 18.5 Å². The van der Waals surface area contributed by atoms with E-state index in [0.29, 0.717) is 22.4 Å². The minimum absolute atomic E-state index is 0.557. The summed E-state index contributed by atoms with van der Waals surface area (Å²) in [5, 5.41) is 3.32. The SMILES string of the molecule is O=C=NOP(Oc1ccccc1)(Oc1ccccc1)=[SH]c1ccccc1. The second-order valence-electron chi connectivity index (χ2n) is 4.98. The van der Waals surface area contributed by atoms with Crippen molar-refractivity contribution in [2.45, 2.75) is 4.90 Å². The van der Waals surface area contributed by atoms with Gasteiger partial charge in [0.05, 0.1) is 0 Å². The van der Waals surface area contributed by atoms with E-state index in [4.69, 9.17) is 13.7 Å². The van der Waals surface area contributed by atoms with Gasteiger partial charge < -0.3 is 9.05 Å². The van der Waals surface area contributed by atoms with E-state index in [1.54, 1.807) is 24.3 Å². The van der Waals surface area contributed by atoms with Crippen LogP contribution in [0.3, 0.4) is 0 Å². The van der Waals surface area contributed by atoms with E-state index in [2.05, 4.69) is 5.16 Å². The van der Waals surface area contributed by atoms with Crippen LogP contribution in [0.5, 0.6) is 11.5 Å². The third kappa shape index (κ3) is 5.11. The van der Waals surface area contributed by atoms with Crippen LogP contribution in [0.1, 0.15) is 0 Å². The highest BCUT2D eigenvalue weighted by Gasteiger charge is 2.27. The molecule has 3 aromatic carbocycles. The molecule has 0 N–H and O–H groups in total. The molecule has 3 aromatic rings. The first-order chi connectivity index (χ1) is 12.8. The van der Waals surface area contributed by atoms with Gasteiger partial charge in [0.15, 0.2) is 0 Å². The van der Waals surface area contributed by atoms with Crippen LogP contribution in [0.25, 0.3) is 0 Å². The third-order valence-corrected chi connectivity index (χ3v) is 7.19. The number of para-hydroxylation sites is 2. The largest absolute Gasteiger partial charge is 0.468 e. The number of thiol groups is 1. The maximum atomic E-state index is 10.7. The van der Waals surface area contributed by atoms with Gasteiger partial charge in [-0.05, 0) is 36.4 Å². The van der Waals surface area contributed by atoms with E-state index in [-0.39, 0.29) is 0 Å². The van der Waals surface area contributed by atoms with Gasteiger partial charge in [0.2, 0.25) is 0 Å². The zero-order valence-corrected chi connectivity index (χ0v) is 15.4. The lowest BCUT2D eigenvalue weighted by Gasteiger charge is -2.23. The van der Waals surface area contributed by atoms with Crippen molar-refractivity contribution in [2.75, 3.05) is 0 Å². The summed E-state index contributed by atoms with van der Waals surface area (Å²) < 4.78 is 17.6. The number of nitrogens with zero attached hydrogens (tertiary/aromatic N) is 1. The Morgan fingerprint density at radius 1 is 0.731 bits per heavy atom. The summed E-state index contributed by atoms with van der Waals surface area (Å²) in [6.07, 6.45) is 1.40. The van der Waals surface area contributed by atoms with Crippen molar-refractivity contribution in [3.05, 3.63) is 91.0 Å². The van der Waals surface area contributed by atoms with Crippen molar-refractivity contribution >= 4 is 23.7 Å². The predicted molar refractivity (Wildman–Crippen MR) is 104 cm³/mol. The Morgan fingerprint density at radius 2 is 1.19 bits per heavy atom. The number of rotatable bonds is 7. The Kier molecular flexibility index (Phi) is 6.29. The van der Waals surface area contributed by atoms with Gasteiger partial charge in [-0.15, -0.1) is 0 Å². The van der Waals surface area contributed by atoms with Crippen LogP contribution in [-0.4, -0.2) is 6.08 Å². The van der Waals surface area contributed by atoms with Crippen LogP contribution in [0.4, 0.5) is 0 Å². The Balaban J connectivity index is 2.09. The van der Waals surface area contributed by atoms with Crippen molar-refractivity contribution in [3.63, 3.8) is 0 Å². The maximum Gasteiger partial charge on any atom is 0.468 e. The lowest BCUT2D eigenvalue weighted by Crippen LogP contribution is -2.04. The molecular formula is C19H16NO4PS. The number of hydrogen-bond acceptors (Lipinski definition) is 5. The lowest BCUT2D eigenvalue weighted by atomic mass is 10.3. The van der Waals surface area contributed by atoms with Gasteiger partial charge >= 0.3 is 6.72 Å². The van der Waals surface area contributed by atoms with Crippen molar-refractivity contribution in [1.82, 2.24) is 0 Å². The van der Waals surface area contributed by atoms with Gasteiger partial charge in [-0.3, -0.25) is 4.62 Å². The summed E-state index contributed by atoms with van der Waals surface area (Å²) in [6.45, 7) is -3.14. The number of isocyanates is 1. The highest BCUT2D eigenvalue weighted by molar-refractivity contribution is 8.17. The van der Waals surface area contributed by atoms with Crippen LogP contribution in [0.15, 0.2) is 101 Å². The topological polar surface area (TPSA) is 57.1 Å². The molecule has 0 aliphatic heterocycles. The minimum atomic E-state index is -3.14. The van der Waals surface area contributed by atoms with Gasteiger partial charge in [0.1, 0.15) is 11.5 Å². The van der Waals surface area contributed by atoms with Crippen LogP contribution in [-0.2, 0) is 20.4 Å². The molecule has 0 atom stereocenters. The van der Waals surface area contributed by atoms with Crippen molar-refractivity contribution in [3.8, 4) is 11.5 Å². The van der Waals surface area contributed by atoms with Gasteiger partial charge in [0.25, 0.3) is 6.08 Å². The van der Waals surface area contributed by atoms with E-state index >= 15 is 0 Å². The second-order valence-corrected chi connectivity index (χ2v) is 9.23. The maximum absolute atomic E-state index is 10.7. The van der Waals surface area contributed by atoms with E-state index < -0.39 is 6.72 Å². The van der Waals surface area contributed by atoms with Crippen molar-refractivity contribution in [2.24, 2.45) is 5.16 Å². The standard InChI is InChI=1S/C19H16NO4PS/c21-16-20-24-25(22-17-10-4-1-5-11-17,23-18-12-6-2-7-13-18)26-19-14-8-3-9-15-19/h1-15,26H. The molecule has 0 saturated heterocycles. The molecule has 0 aromatic heterocycles. The molecule has 5 nitrogen and oxygen atoms in total. The van der Waals surface area contributed by atoms with E-state index in [0.717, 1.165) is 4.90 Å². The molecule has 0 heterocycles. The molecule has 0 bridgehead atoms. The van der Waals surface area contributed by atoms with Crippen molar-refractivity contribution in [1.29, 1.82) is 0 Å². The van der Waals surface area contributed by atoms with Crippen LogP contribution < -0.4 is 9.05 Å². The summed E-state index contributed by atoms with van der Waals surface area (Å²) in [7, 11) is 0.618. The first-order valence-electron chi connectivity index (χ1n) is 7.72. The molecule has 0 unspecified atom stereocenters. The summed E-state index contributed by atoms with van der Waals surface area (Å²) in [4.78, 5) is 11.6. The fourth-order valence-electron chi connectivity index (χ4n) is 2.04.